The van der Waals surface area contributed by atoms with E-state index < -0.39 is 5.91 Å². The van der Waals surface area contributed by atoms with Crippen molar-refractivity contribution in [3.63, 3.8) is 0 Å². The minimum absolute atomic E-state index is 0.134. The van der Waals surface area contributed by atoms with E-state index in [-0.39, 0.29) is 23.4 Å². The fourth-order valence-corrected chi connectivity index (χ4v) is 3.10. The van der Waals surface area contributed by atoms with Crippen LogP contribution >= 0.6 is 0 Å². The molecular formula is C19H18N4O5. The summed E-state index contributed by atoms with van der Waals surface area (Å²) in [6, 6.07) is 8.17. The van der Waals surface area contributed by atoms with E-state index in [2.05, 4.69) is 10.1 Å². The first-order chi connectivity index (χ1) is 13.6. The molecule has 2 amide bonds. The highest BCUT2D eigenvalue weighted by atomic mass is 16.5. The van der Waals surface area contributed by atoms with Gasteiger partial charge in [-0.1, -0.05) is 5.16 Å². The molecule has 3 aromatic heterocycles. The molecule has 0 aromatic carbocycles. The maximum Gasteiger partial charge on any atom is 0.276 e. The molecule has 0 bridgehead atoms. The Hall–Kier alpha value is -3.62. The fraction of sp³-hybridized carbons (Fsp3) is 0.263. The topological polar surface area (TPSA) is 125 Å². The van der Waals surface area contributed by atoms with Gasteiger partial charge >= 0.3 is 0 Å². The summed E-state index contributed by atoms with van der Waals surface area (Å²) in [5, 5.41) is 3.86. The summed E-state index contributed by atoms with van der Waals surface area (Å²) in [6.45, 7) is 1.00. The van der Waals surface area contributed by atoms with Crippen LogP contribution in [0.4, 0.5) is 0 Å². The van der Waals surface area contributed by atoms with Gasteiger partial charge in [0.2, 0.25) is 5.76 Å². The lowest BCUT2D eigenvalue weighted by atomic mass is 10.1. The Morgan fingerprint density at radius 1 is 1.21 bits per heavy atom. The van der Waals surface area contributed by atoms with Gasteiger partial charge in [0, 0.05) is 24.9 Å². The second-order valence-electron chi connectivity index (χ2n) is 6.43. The van der Waals surface area contributed by atoms with E-state index in [1.165, 1.54) is 18.5 Å². The van der Waals surface area contributed by atoms with E-state index in [1.54, 1.807) is 29.2 Å². The second kappa shape index (κ2) is 7.55. The number of carbonyl (C=O) groups is 2. The van der Waals surface area contributed by atoms with Gasteiger partial charge in [-0.2, -0.15) is 0 Å². The Morgan fingerprint density at radius 3 is 2.89 bits per heavy atom. The quantitative estimate of drug-likeness (QED) is 0.716. The highest BCUT2D eigenvalue weighted by Crippen LogP contribution is 2.23. The number of nitrogens with two attached hydrogens (primary N) is 1. The number of hydrogen-bond acceptors (Lipinski definition) is 7. The summed E-state index contributed by atoms with van der Waals surface area (Å²) < 4.78 is 16.4. The Balaban J connectivity index is 1.43. The lowest BCUT2D eigenvalue weighted by molar-refractivity contribution is 0.0528. The van der Waals surface area contributed by atoms with Gasteiger partial charge in [-0.15, -0.1) is 0 Å². The lowest BCUT2D eigenvalue weighted by Gasteiger charge is -2.32. The average Bonchev–Trinajstić information content (AvgIpc) is 3.39. The molecule has 0 saturated carbocycles. The van der Waals surface area contributed by atoms with Crippen LogP contribution in [0.1, 0.15) is 33.8 Å². The zero-order chi connectivity index (χ0) is 19.5. The van der Waals surface area contributed by atoms with Crippen LogP contribution in [-0.2, 0) is 0 Å². The highest BCUT2D eigenvalue weighted by molar-refractivity contribution is 5.93. The van der Waals surface area contributed by atoms with Gasteiger partial charge in [0.1, 0.15) is 17.5 Å². The molecular weight excluding hydrogens is 364 g/mol. The van der Waals surface area contributed by atoms with Crippen LogP contribution in [0.3, 0.4) is 0 Å². The summed E-state index contributed by atoms with van der Waals surface area (Å²) in [5.74, 6) is 0.541. The average molecular weight is 382 g/mol. The number of piperidine rings is 1. The molecule has 1 fully saturated rings. The molecule has 1 atom stereocenters. The molecule has 1 aliphatic heterocycles. The third-order valence-electron chi connectivity index (χ3n) is 4.45. The molecule has 9 heteroatoms. The molecule has 1 aliphatic rings. The van der Waals surface area contributed by atoms with Gasteiger partial charge in [0.15, 0.2) is 11.5 Å². The predicted octanol–water partition coefficient (Wildman–Crippen LogP) is 2.11. The van der Waals surface area contributed by atoms with Crippen molar-refractivity contribution < 1.29 is 23.3 Å². The molecule has 4 heterocycles. The molecule has 2 N–H and O–H groups in total. The maximum absolute atomic E-state index is 12.8. The number of aromatic nitrogens is 2. The first-order valence-corrected chi connectivity index (χ1v) is 8.82. The zero-order valence-electron chi connectivity index (χ0n) is 14.9. The summed E-state index contributed by atoms with van der Waals surface area (Å²) in [6.07, 6.45) is 4.35. The van der Waals surface area contributed by atoms with Crippen LogP contribution < -0.4 is 10.5 Å². The van der Waals surface area contributed by atoms with Gasteiger partial charge in [0.05, 0.1) is 12.8 Å². The van der Waals surface area contributed by atoms with Gasteiger partial charge in [-0.05, 0) is 31.0 Å². The number of rotatable bonds is 5. The Bertz CT molecular complexity index is 982. The van der Waals surface area contributed by atoms with E-state index >= 15 is 0 Å². The highest BCUT2D eigenvalue weighted by Gasteiger charge is 2.28. The van der Waals surface area contributed by atoms with Crippen LogP contribution in [0.25, 0.3) is 11.5 Å². The third kappa shape index (κ3) is 3.73. The van der Waals surface area contributed by atoms with Crippen LogP contribution in [0, 0.1) is 0 Å². The van der Waals surface area contributed by atoms with Gasteiger partial charge in [-0.25, -0.2) is 0 Å². The van der Waals surface area contributed by atoms with E-state index in [9.17, 15) is 9.59 Å². The van der Waals surface area contributed by atoms with Gasteiger partial charge in [-0.3, -0.25) is 14.6 Å². The molecule has 144 valence electrons. The third-order valence-corrected chi connectivity index (χ3v) is 4.45. The van der Waals surface area contributed by atoms with Crippen LogP contribution in [-0.4, -0.2) is 46.0 Å². The molecule has 1 saturated heterocycles. The standard InChI is InChI=1S/C19H18N4O5/c20-18(24)14-9-12(5-6-21-14)27-13-3-1-7-23(11-13)19(25)15-10-17(28-22-15)16-4-2-8-26-16/h2,4-6,8-10,13H,1,3,7,11H2,(H2,20,24). The van der Waals surface area contributed by atoms with E-state index in [0.717, 1.165) is 12.8 Å². The summed E-state index contributed by atoms with van der Waals surface area (Å²) in [4.78, 5) is 29.6. The smallest absolute Gasteiger partial charge is 0.276 e. The predicted molar refractivity (Wildman–Crippen MR) is 96.5 cm³/mol. The number of ether oxygens (including phenoxy) is 1. The van der Waals surface area contributed by atoms with Crippen molar-refractivity contribution in [2.75, 3.05) is 13.1 Å². The Labute approximate surface area is 160 Å². The van der Waals surface area contributed by atoms with Crippen LogP contribution in [0.5, 0.6) is 5.75 Å². The van der Waals surface area contributed by atoms with Crippen LogP contribution in [0.2, 0.25) is 0 Å². The fourth-order valence-electron chi connectivity index (χ4n) is 3.10. The molecule has 28 heavy (non-hydrogen) atoms. The number of pyridine rings is 1. The number of carbonyl (C=O) groups excluding carboxylic acids is 2. The number of nitrogens with zero attached hydrogens (tertiary/aromatic N) is 3. The molecule has 0 spiro atoms. The van der Waals surface area contributed by atoms with Crippen molar-refractivity contribution in [2.45, 2.75) is 18.9 Å². The molecule has 3 aromatic rings. The number of primary amides is 1. The number of hydrogen-bond donors (Lipinski definition) is 1. The van der Waals surface area contributed by atoms with Crippen molar-refractivity contribution in [3.05, 3.63) is 54.2 Å². The summed E-state index contributed by atoms with van der Waals surface area (Å²) in [7, 11) is 0. The lowest BCUT2D eigenvalue weighted by Crippen LogP contribution is -2.44. The van der Waals surface area contributed by atoms with E-state index in [1.807, 2.05) is 0 Å². The van der Waals surface area contributed by atoms with Crippen molar-refractivity contribution >= 4 is 11.8 Å². The van der Waals surface area contributed by atoms with Crippen LogP contribution in [0.15, 0.2) is 51.7 Å². The molecule has 4 rings (SSSR count). The van der Waals surface area contributed by atoms with Crippen molar-refractivity contribution in [2.24, 2.45) is 5.73 Å². The Kier molecular flexibility index (Phi) is 4.79. The van der Waals surface area contributed by atoms with Gasteiger partial charge < -0.3 is 24.3 Å². The minimum atomic E-state index is -0.621. The summed E-state index contributed by atoms with van der Waals surface area (Å²) >= 11 is 0. The number of amides is 2. The summed E-state index contributed by atoms with van der Waals surface area (Å²) in [5.41, 5.74) is 5.60. The van der Waals surface area contributed by atoms with E-state index in [0.29, 0.717) is 30.4 Å². The number of likely N-dealkylation sites (tertiary alicyclic amines) is 1. The first-order valence-electron chi connectivity index (χ1n) is 8.82. The maximum atomic E-state index is 12.8. The Morgan fingerprint density at radius 2 is 2.11 bits per heavy atom. The SMILES string of the molecule is NC(=O)c1cc(OC2CCCN(C(=O)c3cc(-c4ccco4)on3)C2)ccn1. The van der Waals surface area contributed by atoms with Crippen molar-refractivity contribution in [3.8, 4) is 17.3 Å². The molecule has 0 aliphatic carbocycles. The largest absolute Gasteiger partial charge is 0.488 e. The number of furan rings is 1. The second-order valence-corrected chi connectivity index (χ2v) is 6.43. The monoisotopic (exact) mass is 382 g/mol. The molecule has 1 unspecified atom stereocenters. The molecule has 0 radical (unpaired) electrons. The van der Waals surface area contributed by atoms with E-state index in [4.69, 9.17) is 19.4 Å². The first kappa shape index (κ1) is 17.8. The van der Waals surface area contributed by atoms with Crippen molar-refractivity contribution in [1.29, 1.82) is 0 Å². The minimum Gasteiger partial charge on any atom is -0.488 e. The zero-order valence-corrected chi connectivity index (χ0v) is 14.9. The van der Waals surface area contributed by atoms with Crippen molar-refractivity contribution in [1.82, 2.24) is 15.0 Å². The van der Waals surface area contributed by atoms with Gasteiger partial charge in [0.25, 0.3) is 11.8 Å². The normalized spacial score (nSPS) is 16.7. The molecule has 9 nitrogen and oxygen atoms in total.